The summed E-state index contributed by atoms with van der Waals surface area (Å²) in [5.74, 6) is -0.960. The van der Waals surface area contributed by atoms with Gasteiger partial charge >= 0.3 is 5.97 Å². The lowest BCUT2D eigenvalue weighted by molar-refractivity contribution is -0.145. The zero-order valence-corrected chi connectivity index (χ0v) is 13.4. The van der Waals surface area contributed by atoms with Crippen molar-refractivity contribution in [1.82, 2.24) is 0 Å². The normalized spacial score (nSPS) is 16.8. The first-order valence-electron chi connectivity index (χ1n) is 7.65. The van der Waals surface area contributed by atoms with Gasteiger partial charge in [-0.2, -0.15) is 0 Å². The van der Waals surface area contributed by atoms with Gasteiger partial charge in [0, 0.05) is 5.56 Å². The maximum atomic E-state index is 13.0. The quantitative estimate of drug-likeness (QED) is 0.481. The number of carbonyl (C=O) groups is 2. The van der Waals surface area contributed by atoms with Crippen LogP contribution in [0.15, 0.2) is 12.1 Å². The summed E-state index contributed by atoms with van der Waals surface area (Å²) < 4.78 is 4.91. The van der Waals surface area contributed by atoms with E-state index in [1.807, 2.05) is 32.9 Å². The van der Waals surface area contributed by atoms with Crippen LogP contribution >= 0.6 is 0 Å². The van der Waals surface area contributed by atoms with Gasteiger partial charge in [-0.05, 0) is 50.7 Å². The SMILES string of the molecule is COC(=O)C(C(=O)c1c(C)cc(C)cc1C)C1CCCC1. The van der Waals surface area contributed by atoms with Gasteiger partial charge in [0.15, 0.2) is 5.78 Å². The highest BCUT2D eigenvalue weighted by atomic mass is 16.5. The first kappa shape index (κ1) is 15.7. The Labute approximate surface area is 126 Å². The Morgan fingerprint density at radius 2 is 1.62 bits per heavy atom. The van der Waals surface area contributed by atoms with Crippen LogP contribution in [0.5, 0.6) is 0 Å². The molecule has 3 nitrogen and oxygen atoms in total. The third-order valence-corrected chi connectivity index (χ3v) is 4.53. The number of benzene rings is 1. The minimum absolute atomic E-state index is 0.0660. The van der Waals surface area contributed by atoms with Crippen LogP contribution in [0.1, 0.15) is 52.7 Å². The molecule has 3 heteroatoms. The first-order valence-corrected chi connectivity index (χ1v) is 7.65. The van der Waals surface area contributed by atoms with Gasteiger partial charge in [0.1, 0.15) is 5.92 Å². The van der Waals surface area contributed by atoms with E-state index in [0.29, 0.717) is 5.56 Å². The first-order chi connectivity index (χ1) is 9.95. The topological polar surface area (TPSA) is 43.4 Å². The lowest BCUT2D eigenvalue weighted by atomic mass is 9.82. The zero-order valence-electron chi connectivity index (χ0n) is 13.4. The minimum Gasteiger partial charge on any atom is -0.468 e. The standard InChI is InChI=1S/C18H24O3/c1-11-9-12(2)15(13(3)10-11)17(19)16(18(20)21-4)14-7-5-6-8-14/h9-10,14,16H,5-8H2,1-4H3. The number of carbonyl (C=O) groups excluding carboxylic acids is 2. The van der Waals surface area contributed by atoms with Crippen molar-refractivity contribution < 1.29 is 14.3 Å². The van der Waals surface area contributed by atoms with Crippen molar-refractivity contribution in [2.75, 3.05) is 7.11 Å². The van der Waals surface area contributed by atoms with Crippen molar-refractivity contribution >= 4 is 11.8 Å². The summed E-state index contributed by atoms with van der Waals surface area (Å²) in [6.45, 7) is 5.90. The number of rotatable bonds is 4. The summed E-state index contributed by atoms with van der Waals surface area (Å²) in [6, 6.07) is 4.01. The molecule has 0 bridgehead atoms. The van der Waals surface area contributed by atoms with E-state index in [9.17, 15) is 9.59 Å². The van der Waals surface area contributed by atoms with Crippen LogP contribution in [0.25, 0.3) is 0 Å². The molecule has 1 aromatic carbocycles. The van der Waals surface area contributed by atoms with Gasteiger partial charge in [-0.25, -0.2) is 0 Å². The molecule has 0 spiro atoms. The second-order valence-corrected chi connectivity index (χ2v) is 6.18. The summed E-state index contributed by atoms with van der Waals surface area (Å²) in [7, 11) is 1.37. The molecule has 21 heavy (non-hydrogen) atoms. The lowest BCUT2D eigenvalue weighted by Gasteiger charge is -2.22. The van der Waals surface area contributed by atoms with Gasteiger partial charge in [0.25, 0.3) is 0 Å². The summed E-state index contributed by atoms with van der Waals surface area (Å²) in [4.78, 5) is 25.1. The van der Waals surface area contributed by atoms with Crippen molar-refractivity contribution in [2.24, 2.45) is 11.8 Å². The number of methoxy groups -OCH3 is 1. The third kappa shape index (κ3) is 3.17. The lowest BCUT2D eigenvalue weighted by Crippen LogP contribution is -2.32. The Balaban J connectivity index is 2.41. The van der Waals surface area contributed by atoms with Gasteiger partial charge < -0.3 is 4.74 Å². The van der Waals surface area contributed by atoms with Crippen LogP contribution in [0.2, 0.25) is 0 Å². The highest BCUT2D eigenvalue weighted by Gasteiger charge is 2.38. The van der Waals surface area contributed by atoms with Crippen LogP contribution < -0.4 is 0 Å². The highest BCUT2D eigenvalue weighted by Crippen LogP contribution is 2.35. The molecule has 1 atom stereocenters. The van der Waals surface area contributed by atoms with E-state index in [0.717, 1.165) is 42.4 Å². The summed E-state index contributed by atoms with van der Waals surface area (Å²) >= 11 is 0. The monoisotopic (exact) mass is 288 g/mol. The van der Waals surface area contributed by atoms with Crippen molar-refractivity contribution in [3.8, 4) is 0 Å². The number of hydrogen-bond acceptors (Lipinski definition) is 3. The number of aryl methyl sites for hydroxylation is 3. The average Bonchev–Trinajstić information content (AvgIpc) is 2.91. The molecule has 1 saturated carbocycles. The summed E-state index contributed by atoms with van der Waals surface area (Å²) in [5, 5.41) is 0. The molecule has 0 aliphatic heterocycles. The molecule has 1 aromatic rings. The molecular formula is C18H24O3. The Hall–Kier alpha value is -1.64. The van der Waals surface area contributed by atoms with E-state index in [-0.39, 0.29) is 17.7 Å². The van der Waals surface area contributed by atoms with E-state index in [2.05, 4.69) is 0 Å². The Bertz CT molecular complexity index is 531. The molecule has 0 radical (unpaired) electrons. The van der Waals surface area contributed by atoms with Crippen molar-refractivity contribution in [1.29, 1.82) is 0 Å². The maximum absolute atomic E-state index is 13.0. The molecule has 0 aromatic heterocycles. The Kier molecular flexibility index (Phi) is 4.81. The molecule has 1 unspecified atom stereocenters. The molecule has 1 fully saturated rings. The van der Waals surface area contributed by atoms with Gasteiger partial charge in [0.05, 0.1) is 7.11 Å². The fourth-order valence-corrected chi connectivity index (χ4v) is 3.66. The van der Waals surface area contributed by atoms with Crippen LogP contribution in [-0.2, 0) is 9.53 Å². The van der Waals surface area contributed by atoms with Crippen LogP contribution in [0, 0.1) is 32.6 Å². The number of ether oxygens (including phenoxy) is 1. The minimum atomic E-state index is -0.641. The van der Waals surface area contributed by atoms with Crippen molar-refractivity contribution in [3.63, 3.8) is 0 Å². The number of ketones is 1. The number of hydrogen-bond donors (Lipinski definition) is 0. The highest BCUT2D eigenvalue weighted by molar-refractivity contribution is 6.10. The smallest absolute Gasteiger partial charge is 0.316 e. The van der Waals surface area contributed by atoms with E-state index in [1.54, 1.807) is 0 Å². The number of Topliss-reactive ketones (excluding diaryl/α,β-unsaturated/α-hetero) is 1. The molecular weight excluding hydrogens is 264 g/mol. The second-order valence-electron chi connectivity index (χ2n) is 6.18. The third-order valence-electron chi connectivity index (χ3n) is 4.53. The van der Waals surface area contributed by atoms with Gasteiger partial charge in [0.2, 0.25) is 0 Å². The van der Waals surface area contributed by atoms with Gasteiger partial charge in [-0.3, -0.25) is 9.59 Å². The maximum Gasteiger partial charge on any atom is 0.316 e. The van der Waals surface area contributed by atoms with E-state index < -0.39 is 5.92 Å². The Morgan fingerprint density at radius 1 is 1.10 bits per heavy atom. The summed E-state index contributed by atoms with van der Waals surface area (Å²) in [6.07, 6.45) is 4.07. The molecule has 0 amide bonds. The largest absolute Gasteiger partial charge is 0.468 e. The molecule has 2 rings (SSSR count). The molecule has 114 valence electrons. The van der Waals surface area contributed by atoms with Crippen molar-refractivity contribution in [2.45, 2.75) is 46.5 Å². The fraction of sp³-hybridized carbons (Fsp3) is 0.556. The molecule has 1 aliphatic rings. The zero-order chi connectivity index (χ0) is 15.6. The molecule has 0 heterocycles. The van der Waals surface area contributed by atoms with Crippen LogP contribution in [0.3, 0.4) is 0 Å². The van der Waals surface area contributed by atoms with E-state index >= 15 is 0 Å². The summed E-state index contributed by atoms with van der Waals surface area (Å²) in [5.41, 5.74) is 3.73. The van der Waals surface area contributed by atoms with Crippen LogP contribution in [0.4, 0.5) is 0 Å². The number of esters is 1. The van der Waals surface area contributed by atoms with Crippen molar-refractivity contribution in [3.05, 3.63) is 34.4 Å². The van der Waals surface area contributed by atoms with Crippen LogP contribution in [-0.4, -0.2) is 18.9 Å². The predicted molar refractivity (Wildman–Crippen MR) is 82.4 cm³/mol. The van der Waals surface area contributed by atoms with Gasteiger partial charge in [-0.1, -0.05) is 30.5 Å². The molecule has 1 aliphatic carbocycles. The van der Waals surface area contributed by atoms with E-state index in [1.165, 1.54) is 7.11 Å². The predicted octanol–water partition coefficient (Wildman–Crippen LogP) is 3.77. The van der Waals surface area contributed by atoms with E-state index in [4.69, 9.17) is 4.74 Å². The fourth-order valence-electron chi connectivity index (χ4n) is 3.66. The Morgan fingerprint density at radius 3 is 2.10 bits per heavy atom. The molecule has 0 N–H and O–H groups in total. The average molecular weight is 288 g/mol. The molecule has 0 saturated heterocycles. The van der Waals surface area contributed by atoms with Gasteiger partial charge in [-0.15, -0.1) is 0 Å². The second kappa shape index (κ2) is 6.42.